The molecule has 0 radical (unpaired) electrons. The molecule has 1 saturated carbocycles. The van der Waals surface area contributed by atoms with E-state index in [2.05, 4.69) is 33.9 Å². The van der Waals surface area contributed by atoms with Crippen LogP contribution in [0.3, 0.4) is 0 Å². The average molecular weight is 448 g/mol. The highest BCUT2D eigenvalue weighted by atomic mass is 127. The van der Waals surface area contributed by atoms with Crippen molar-refractivity contribution in [1.82, 2.24) is 16.0 Å². The minimum Gasteiger partial charge on any atom is -0.357 e. The van der Waals surface area contributed by atoms with Gasteiger partial charge in [0.25, 0.3) is 0 Å². The summed E-state index contributed by atoms with van der Waals surface area (Å²) in [5.74, 6) is 1.04. The minimum atomic E-state index is 0. The second-order valence-electron chi connectivity index (χ2n) is 6.49. The van der Waals surface area contributed by atoms with Crippen LogP contribution < -0.4 is 16.0 Å². The van der Waals surface area contributed by atoms with Gasteiger partial charge in [0.05, 0.1) is 0 Å². The monoisotopic (exact) mass is 448 g/mol. The lowest BCUT2D eigenvalue weighted by Crippen LogP contribution is -2.38. The van der Waals surface area contributed by atoms with Crippen LogP contribution in [-0.4, -0.2) is 37.5 Å². The van der Waals surface area contributed by atoms with Gasteiger partial charge in [-0.3, -0.25) is 9.79 Å². The van der Waals surface area contributed by atoms with Crippen LogP contribution in [-0.2, 0) is 4.79 Å². The standard InChI is InChI=1S/C18H32N4O.HI/c1-2-19-18(21-14-12-15-7-4-3-5-8-15)20-13-6-9-17(23)22-16-10-11-16;/h7,16H,2-6,8-14H2,1H3,(H,22,23)(H2,19,20,21);1H. The Bertz CT molecular complexity index is 433. The van der Waals surface area contributed by atoms with Gasteiger partial charge in [0.15, 0.2) is 5.96 Å². The molecule has 0 aromatic carbocycles. The fourth-order valence-corrected chi connectivity index (χ4v) is 2.77. The summed E-state index contributed by atoms with van der Waals surface area (Å²) in [6.45, 7) is 4.55. The lowest BCUT2D eigenvalue weighted by atomic mass is 9.97. The highest BCUT2D eigenvalue weighted by molar-refractivity contribution is 14.0. The molecule has 0 aliphatic heterocycles. The van der Waals surface area contributed by atoms with Crippen molar-refractivity contribution in [3.05, 3.63) is 11.6 Å². The van der Waals surface area contributed by atoms with Gasteiger partial charge in [0, 0.05) is 32.1 Å². The van der Waals surface area contributed by atoms with Gasteiger partial charge >= 0.3 is 0 Å². The maximum absolute atomic E-state index is 11.6. The first-order chi connectivity index (χ1) is 11.3. The number of amides is 1. The van der Waals surface area contributed by atoms with Crippen molar-refractivity contribution >= 4 is 35.8 Å². The molecule has 0 atom stereocenters. The second kappa shape index (κ2) is 12.6. The SMILES string of the molecule is CCNC(=NCCCC(=O)NC1CC1)NCCC1=CCCCC1.I. The summed E-state index contributed by atoms with van der Waals surface area (Å²) in [5.41, 5.74) is 1.58. The van der Waals surface area contributed by atoms with Crippen LogP contribution in [0.5, 0.6) is 0 Å². The molecule has 2 rings (SSSR count). The summed E-state index contributed by atoms with van der Waals surface area (Å²) >= 11 is 0. The average Bonchev–Trinajstić information content (AvgIpc) is 3.36. The van der Waals surface area contributed by atoms with E-state index in [0.29, 0.717) is 19.0 Å². The zero-order valence-corrected chi connectivity index (χ0v) is 17.2. The molecule has 0 unspecified atom stereocenters. The number of rotatable bonds is 9. The molecule has 24 heavy (non-hydrogen) atoms. The van der Waals surface area contributed by atoms with Crippen LogP contribution in [0, 0.1) is 0 Å². The molecule has 0 heterocycles. The maximum atomic E-state index is 11.6. The van der Waals surface area contributed by atoms with Gasteiger partial charge in [0.2, 0.25) is 5.91 Å². The van der Waals surface area contributed by atoms with Gasteiger partial charge in [-0.1, -0.05) is 11.6 Å². The molecule has 0 spiro atoms. The van der Waals surface area contributed by atoms with Crippen molar-refractivity contribution < 1.29 is 4.79 Å². The maximum Gasteiger partial charge on any atom is 0.220 e. The number of halogens is 1. The summed E-state index contributed by atoms with van der Waals surface area (Å²) in [4.78, 5) is 16.2. The number of hydrogen-bond acceptors (Lipinski definition) is 2. The number of allylic oxidation sites excluding steroid dienone is 1. The van der Waals surface area contributed by atoms with Crippen molar-refractivity contribution in [3.8, 4) is 0 Å². The molecule has 1 amide bonds. The second-order valence-corrected chi connectivity index (χ2v) is 6.49. The van der Waals surface area contributed by atoms with E-state index in [1.165, 1.54) is 25.7 Å². The third-order valence-corrected chi connectivity index (χ3v) is 4.24. The quantitative estimate of drug-likeness (QED) is 0.167. The Kier molecular flexibility index (Phi) is 11.1. The van der Waals surface area contributed by atoms with Gasteiger partial charge in [-0.15, -0.1) is 24.0 Å². The van der Waals surface area contributed by atoms with E-state index < -0.39 is 0 Å². The van der Waals surface area contributed by atoms with Crippen molar-refractivity contribution in [2.45, 2.75) is 70.8 Å². The van der Waals surface area contributed by atoms with E-state index >= 15 is 0 Å². The number of guanidine groups is 1. The van der Waals surface area contributed by atoms with Crippen LogP contribution in [0.15, 0.2) is 16.6 Å². The normalized spacial score (nSPS) is 17.5. The van der Waals surface area contributed by atoms with Gasteiger partial charge in [-0.05, 0) is 58.3 Å². The fourth-order valence-electron chi connectivity index (χ4n) is 2.77. The zero-order chi connectivity index (χ0) is 16.3. The zero-order valence-electron chi connectivity index (χ0n) is 14.9. The molecule has 2 aliphatic rings. The number of nitrogens with zero attached hydrogens (tertiary/aromatic N) is 1. The Hall–Kier alpha value is -0.790. The first-order valence-electron chi connectivity index (χ1n) is 9.27. The predicted octanol–water partition coefficient (Wildman–Crippen LogP) is 3.11. The van der Waals surface area contributed by atoms with Crippen molar-refractivity contribution in [3.63, 3.8) is 0 Å². The molecule has 0 aromatic rings. The summed E-state index contributed by atoms with van der Waals surface area (Å²) in [7, 11) is 0. The van der Waals surface area contributed by atoms with E-state index in [9.17, 15) is 4.79 Å². The highest BCUT2D eigenvalue weighted by Crippen LogP contribution is 2.19. The molecule has 6 heteroatoms. The molecule has 0 aromatic heterocycles. The smallest absolute Gasteiger partial charge is 0.220 e. The van der Waals surface area contributed by atoms with E-state index in [1.54, 1.807) is 5.57 Å². The molecule has 0 bridgehead atoms. The van der Waals surface area contributed by atoms with E-state index in [4.69, 9.17) is 0 Å². The summed E-state index contributed by atoms with van der Waals surface area (Å²) in [6.07, 6.45) is 12.4. The lowest BCUT2D eigenvalue weighted by Gasteiger charge is -2.15. The van der Waals surface area contributed by atoms with Crippen LogP contribution >= 0.6 is 24.0 Å². The number of nitrogens with one attached hydrogen (secondary N) is 3. The summed E-state index contributed by atoms with van der Waals surface area (Å²) < 4.78 is 0. The van der Waals surface area contributed by atoms with Crippen molar-refractivity contribution in [1.29, 1.82) is 0 Å². The van der Waals surface area contributed by atoms with Gasteiger partial charge in [0.1, 0.15) is 0 Å². The van der Waals surface area contributed by atoms with E-state index in [-0.39, 0.29) is 29.9 Å². The Labute approximate surface area is 163 Å². The Morgan fingerprint density at radius 2 is 2.12 bits per heavy atom. The van der Waals surface area contributed by atoms with Crippen molar-refractivity contribution in [2.75, 3.05) is 19.6 Å². The first kappa shape index (κ1) is 21.3. The number of carbonyl (C=O) groups excluding carboxylic acids is 1. The van der Waals surface area contributed by atoms with Gasteiger partial charge in [-0.2, -0.15) is 0 Å². The molecule has 3 N–H and O–H groups in total. The minimum absolute atomic E-state index is 0. The molecular weight excluding hydrogens is 415 g/mol. The van der Waals surface area contributed by atoms with Gasteiger partial charge < -0.3 is 16.0 Å². The number of aliphatic imine (C=N–C) groups is 1. The molecule has 0 saturated heterocycles. The summed E-state index contributed by atoms with van der Waals surface area (Å²) in [6, 6.07) is 0.457. The van der Waals surface area contributed by atoms with Crippen LogP contribution in [0.4, 0.5) is 0 Å². The molecule has 138 valence electrons. The Morgan fingerprint density at radius 3 is 2.79 bits per heavy atom. The lowest BCUT2D eigenvalue weighted by molar-refractivity contribution is -0.121. The molecular formula is C18H33IN4O. The molecule has 2 aliphatic carbocycles. The van der Waals surface area contributed by atoms with Crippen molar-refractivity contribution in [2.24, 2.45) is 4.99 Å². The third-order valence-electron chi connectivity index (χ3n) is 4.24. The summed E-state index contributed by atoms with van der Waals surface area (Å²) in [5, 5.41) is 9.68. The third kappa shape index (κ3) is 9.49. The topological polar surface area (TPSA) is 65.5 Å². The number of hydrogen-bond donors (Lipinski definition) is 3. The van der Waals surface area contributed by atoms with E-state index in [0.717, 1.165) is 44.7 Å². The van der Waals surface area contributed by atoms with E-state index in [1.807, 2.05) is 0 Å². The Morgan fingerprint density at radius 1 is 1.29 bits per heavy atom. The fraction of sp³-hybridized carbons (Fsp3) is 0.778. The van der Waals surface area contributed by atoms with Crippen LogP contribution in [0.25, 0.3) is 0 Å². The predicted molar refractivity (Wildman–Crippen MR) is 111 cm³/mol. The van der Waals surface area contributed by atoms with Gasteiger partial charge in [-0.25, -0.2) is 0 Å². The Balaban J connectivity index is 0.00000288. The highest BCUT2D eigenvalue weighted by Gasteiger charge is 2.22. The van der Waals surface area contributed by atoms with Crippen LogP contribution in [0.1, 0.15) is 64.7 Å². The first-order valence-corrected chi connectivity index (χ1v) is 9.27. The number of carbonyl (C=O) groups is 1. The molecule has 5 nitrogen and oxygen atoms in total. The largest absolute Gasteiger partial charge is 0.357 e. The van der Waals surface area contributed by atoms with Crippen LogP contribution in [0.2, 0.25) is 0 Å². The molecule has 1 fully saturated rings.